The first kappa shape index (κ1) is 29.4. The number of nitrogens with zero attached hydrogens (tertiary/aromatic N) is 1. The molecule has 0 saturated carbocycles. The molecule has 1 unspecified atom stereocenters. The number of amides is 1. The number of ether oxygens (including phenoxy) is 2. The zero-order valence-corrected chi connectivity index (χ0v) is 25.6. The van der Waals surface area contributed by atoms with Crippen LogP contribution in [0.4, 0.5) is 4.79 Å². The molecule has 1 fully saturated rings. The molecular formula is C31H41BrN2O5. The van der Waals surface area contributed by atoms with Gasteiger partial charge in [-0.3, -0.25) is 4.79 Å². The van der Waals surface area contributed by atoms with E-state index in [2.05, 4.69) is 35.1 Å². The van der Waals surface area contributed by atoms with Crippen molar-refractivity contribution in [2.24, 2.45) is 11.3 Å². The Morgan fingerprint density at radius 3 is 2.49 bits per heavy atom. The van der Waals surface area contributed by atoms with E-state index in [1.165, 1.54) is 0 Å². The summed E-state index contributed by atoms with van der Waals surface area (Å²) in [6, 6.07) is 7.82. The van der Waals surface area contributed by atoms with Crippen molar-refractivity contribution < 1.29 is 23.9 Å². The van der Waals surface area contributed by atoms with Gasteiger partial charge >= 0.3 is 12.1 Å². The second-order valence-electron chi connectivity index (χ2n) is 12.8. The quantitative estimate of drug-likeness (QED) is 0.382. The molecule has 1 aliphatic carbocycles. The van der Waals surface area contributed by atoms with Crippen LogP contribution in [-0.2, 0) is 19.1 Å². The van der Waals surface area contributed by atoms with Crippen molar-refractivity contribution in [2.75, 3.05) is 19.7 Å². The maximum Gasteiger partial charge on any atom is 0.410 e. The maximum absolute atomic E-state index is 13.6. The highest BCUT2D eigenvalue weighted by atomic mass is 79.9. The first-order valence-electron chi connectivity index (χ1n) is 13.9. The van der Waals surface area contributed by atoms with Crippen LogP contribution in [-0.4, -0.2) is 48.0 Å². The van der Waals surface area contributed by atoms with E-state index in [0.29, 0.717) is 43.2 Å². The summed E-state index contributed by atoms with van der Waals surface area (Å²) in [5.41, 5.74) is 3.08. The van der Waals surface area contributed by atoms with Crippen LogP contribution in [0.15, 0.2) is 51.3 Å². The fraction of sp³-hybridized carbons (Fsp3) is 0.581. The molecule has 1 aromatic rings. The standard InChI is InChI=1S/C31H41BrN2O5/c1-19-25(28(36)38-15-12-20-10-13-34(14-11-20)29(37)39-30(2,3)4)26(21-8-7-9-22(32)16-21)27-23(33-19)17-31(5,6)18-24(27)35/h7-9,16,20,26,33H,10-15,17-18H2,1-6H3. The number of benzene rings is 1. The minimum atomic E-state index is -0.508. The van der Waals surface area contributed by atoms with Crippen LogP contribution < -0.4 is 5.32 Å². The third kappa shape index (κ3) is 7.13. The van der Waals surface area contributed by atoms with Gasteiger partial charge in [-0.25, -0.2) is 9.59 Å². The number of esters is 1. The Balaban J connectivity index is 1.43. The minimum absolute atomic E-state index is 0.0771. The van der Waals surface area contributed by atoms with Crippen LogP contribution in [0.2, 0.25) is 0 Å². The van der Waals surface area contributed by atoms with E-state index in [9.17, 15) is 14.4 Å². The molecule has 0 aromatic heterocycles. The molecular weight excluding hydrogens is 560 g/mol. The van der Waals surface area contributed by atoms with Crippen molar-refractivity contribution in [1.82, 2.24) is 10.2 Å². The number of rotatable bonds is 5. The highest BCUT2D eigenvalue weighted by Crippen LogP contribution is 2.47. The van der Waals surface area contributed by atoms with Crippen molar-refractivity contribution in [2.45, 2.75) is 85.2 Å². The molecule has 0 spiro atoms. The van der Waals surface area contributed by atoms with Crippen molar-refractivity contribution in [3.63, 3.8) is 0 Å². The van der Waals surface area contributed by atoms with Gasteiger partial charge in [0, 0.05) is 46.9 Å². The van der Waals surface area contributed by atoms with Gasteiger partial charge in [0.1, 0.15) is 5.60 Å². The van der Waals surface area contributed by atoms with E-state index in [0.717, 1.165) is 47.1 Å². The van der Waals surface area contributed by atoms with E-state index in [-0.39, 0.29) is 23.3 Å². The molecule has 39 heavy (non-hydrogen) atoms. The normalized spacial score (nSPS) is 21.9. The first-order chi connectivity index (χ1) is 18.2. The SMILES string of the molecule is CC1=C(C(=O)OCCC2CCN(C(=O)OC(C)(C)C)CC2)C(c2cccc(Br)c2)C2=C(CC(C)(C)CC2=O)N1. The molecule has 1 N–H and O–H groups in total. The monoisotopic (exact) mass is 600 g/mol. The highest BCUT2D eigenvalue weighted by Gasteiger charge is 2.43. The van der Waals surface area contributed by atoms with Crippen molar-refractivity contribution in [1.29, 1.82) is 0 Å². The Kier molecular flexibility index (Phi) is 8.64. The summed E-state index contributed by atoms with van der Waals surface area (Å²) in [6.45, 7) is 13.3. The van der Waals surface area contributed by atoms with Crippen LogP contribution in [0.3, 0.4) is 0 Å². The van der Waals surface area contributed by atoms with Crippen LogP contribution >= 0.6 is 15.9 Å². The Labute approximate surface area is 240 Å². The number of carbonyl (C=O) groups is 3. The van der Waals surface area contributed by atoms with Crippen LogP contribution in [0.1, 0.15) is 85.1 Å². The van der Waals surface area contributed by atoms with E-state index >= 15 is 0 Å². The lowest BCUT2D eigenvalue weighted by molar-refractivity contribution is -0.139. The predicted octanol–water partition coefficient (Wildman–Crippen LogP) is 6.63. The summed E-state index contributed by atoms with van der Waals surface area (Å²) < 4.78 is 12.2. The number of dihydropyridines is 1. The van der Waals surface area contributed by atoms with Crippen LogP contribution in [0, 0.1) is 11.3 Å². The lowest BCUT2D eigenvalue weighted by Crippen LogP contribution is -2.42. The van der Waals surface area contributed by atoms with Crippen LogP contribution in [0.5, 0.6) is 0 Å². The molecule has 0 bridgehead atoms. The van der Waals surface area contributed by atoms with Crippen LogP contribution in [0.25, 0.3) is 0 Å². The number of halogens is 1. The zero-order valence-electron chi connectivity index (χ0n) is 24.0. The molecule has 4 rings (SSSR count). The van der Waals surface area contributed by atoms with E-state index in [1.54, 1.807) is 4.90 Å². The Morgan fingerprint density at radius 2 is 1.85 bits per heavy atom. The third-order valence-electron chi connectivity index (χ3n) is 7.67. The number of nitrogens with one attached hydrogen (secondary N) is 1. The van der Waals surface area contributed by atoms with Crippen molar-refractivity contribution in [3.05, 3.63) is 56.8 Å². The Morgan fingerprint density at radius 1 is 1.15 bits per heavy atom. The molecule has 7 nitrogen and oxygen atoms in total. The number of allylic oxidation sites excluding steroid dienone is 3. The Hall–Kier alpha value is -2.61. The van der Waals surface area contributed by atoms with Gasteiger partial charge in [0.05, 0.1) is 12.2 Å². The fourth-order valence-corrected chi connectivity index (χ4v) is 6.27. The van der Waals surface area contributed by atoms with Gasteiger partial charge in [-0.15, -0.1) is 0 Å². The maximum atomic E-state index is 13.6. The smallest absolute Gasteiger partial charge is 0.410 e. The average Bonchev–Trinajstić information content (AvgIpc) is 2.81. The number of piperidine rings is 1. The van der Waals surface area contributed by atoms with Crippen molar-refractivity contribution in [3.8, 4) is 0 Å². The fourth-order valence-electron chi connectivity index (χ4n) is 5.85. The van der Waals surface area contributed by atoms with Gasteiger partial charge in [0.25, 0.3) is 0 Å². The van der Waals surface area contributed by atoms with Gasteiger partial charge < -0.3 is 19.7 Å². The molecule has 3 aliphatic rings. The van der Waals surface area contributed by atoms with Gasteiger partial charge in [-0.1, -0.05) is 41.9 Å². The molecule has 1 saturated heterocycles. The lowest BCUT2D eigenvalue weighted by atomic mass is 9.68. The summed E-state index contributed by atoms with van der Waals surface area (Å²) in [5.74, 6) is -0.408. The van der Waals surface area contributed by atoms with E-state index < -0.39 is 11.5 Å². The lowest BCUT2D eigenvalue weighted by Gasteiger charge is -2.39. The molecule has 8 heteroatoms. The number of ketones is 1. The number of likely N-dealkylation sites (tertiary alicyclic amines) is 1. The summed E-state index contributed by atoms with van der Waals surface area (Å²) >= 11 is 3.55. The van der Waals surface area contributed by atoms with Gasteiger partial charge in [-0.05, 0) is 82.4 Å². The average molecular weight is 602 g/mol. The Bertz CT molecular complexity index is 1200. The summed E-state index contributed by atoms with van der Waals surface area (Å²) in [6.07, 6.45) is 3.35. The van der Waals surface area contributed by atoms with Gasteiger partial charge in [0.15, 0.2) is 5.78 Å². The number of carbonyl (C=O) groups excluding carboxylic acids is 3. The molecule has 212 valence electrons. The second kappa shape index (κ2) is 11.5. The largest absolute Gasteiger partial charge is 0.462 e. The highest BCUT2D eigenvalue weighted by molar-refractivity contribution is 9.10. The zero-order chi connectivity index (χ0) is 28.5. The topological polar surface area (TPSA) is 84.9 Å². The summed E-state index contributed by atoms with van der Waals surface area (Å²) in [5, 5.41) is 3.40. The first-order valence-corrected chi connectivity index (χ1v) is 14.7. The minimum Gasteiger partial charge on any atom is -0.462 e. The van der Waals surface area contributed by atoms with Gasteiger partial charge in [0.2, 0.25) is 0 Å². The molecule has 1 atom stereocenters. The number of hydrogen-bond donors (Lipinski definition) is 1. The molecule has 0 radical (unpaired) electrons. The number of hydrogen-bond acceptors (Lipinski definition) is 6. The molecule has 1 amide bonds. The number of Topliss-reactive ketones (excluding diaryl/α,β-unsaturated/α-hetero) is 1. The predicted molar refractivity (Wildman–Crippen MR) is 154 cm³/mol. The van der Waals surface area contributed by atoms with E-state index in [4.69, 9.17) is 9.47 Å². The third-order valence-corrected chi connectivity index (χ3v) is 8.16. The second-order valence-corrected chi connectivity index (χ2v) is 13.7. The molecule has 1 aromatic carbocycles. The summed E-state index contributed by atoms with van der Waals surface area (Å²) in [7, 11) is 0. The summed E-state index contributed by atoms with van der Waals surface area (Å²) in [4.78, 5) is 41.1. The van der Waals surface area contributed by atoms with Gasteiger partial charge in [-0.2, -0.15) is 0 Å². The van der Waals surface area contributed by atoms with Crippen molar-refractivity contribution >= 4 is 33.8 Å². The molecule has 2 aliphatic heterocycles. The molecule has 2 heterocycles. The van der Waals surface area contributed by atoms with E-state index in [1.807, 2.05) is 52.0 Å².